The van der Waals surface area contributed by atoms with Crippen LogP contribution in [0.2, 0.25) is 0 Å². The monoisotopic (exact) mass is 396 g/mol. The molecular formula is C18H24N2O6S. The average Bonchev–Trinajstić information content (AvgIpc) is 2.60. The molecule has 27 heavy (non-hydrogen) atoms. The summed E-state index contributed by atoms with van der Waals surface area (Å²) in [6, 6.07) is 5.20. The SMILES string of the molecule is CC(C)S(=O)(=O)CC(=O)Nc1cccc(C(=O)N2CCCCC2C(=O)O)c1. The molecule has 1 fully saturated rings. The molecule has 1 unspecified atom stereocenters. The van der Waals surface area contributed by atoms with Crippen molar-refractivity contribution in [2.24, 2.45) is 0 Å². The van der Waals surface area contributed by atoms with Gasteiger partial charge >= 0.3 is 5.97 Å². The highest BCUT2D eigenvalue weighted by Gasteiger charge is 2.32. The number of rotatable bonds is 6. The Hall–Kier alpha value is -2.42. The molecule has 2 rings (SSSR count). The Morgan fingerprint density at radius 1 is 1.26 bits per heavy atom. The van der Waals surface area contributed by atoms with Gasteiger partial charge in [0.1, 0.15) is 11.8 Å². The fraction of sp³-hybridized carbons (Fsp3) is 0.500. The molecule has 2 N–H and O–H groups in total. The lowest BCUT2D eigenvalue weighted by Gasteiger charge is -2.33. The Morgan fingerprint density at radius 2 is 1.96 bits per heavy atom. The molecule has 0 bridgehead atoms. The van der Waals surface area contributed by atoms with E-state index in [-0.39, 0.29) is 11.3 Å². The number of hydrogen-bond acceptors (Lipinski definition) is 5. The molecule has 8 nitrogen and oxygen atoms in total. The van der Waals surface area contributed by atoms with Crippen molar-refractivity contribution in [1.29, 1.82) is 0 Å². The van der Waals surface area contributed by atoms with Crippen LogP contribution in [0.15, 0.2) is 24.3 Å². The molecule has 9 heteroatoms. The number of hydrogen-bond donors (Lipinski definition) is 2. The highest BCUT2D eigenvalue weighted by atomic mass is 32.2. The predicted molar refractivity (Wildman–Crippen MR) is 100 cm³/mol. The van der Waals surface area contributed by atoms with Crippen LogP contribution in [0, 0.1) is 0 Å². The molecule has 0 saturated carbocycles. The molecular weight excluding hydrogens is 372 g/mol. The highest BCUT2D eigenvalue weighted by Crippen LogP contribution is 2.21. The van der Waals surface area contributed by atoms with Gasteiger partial charge in [-0.1, -0.05) is 6.07 Å². The molecule has 1 atom stereocenters. The van der Waals surface area contributed by atoms with Gasteiger partial charge in [-0.15, -0.1) is 0 Å². The fourth-order valence-corrected chi connectivity index (χ4v) is 3.64. The summed E-state index contributed by atoms with van der Waals surface area (Å²) in [4.78, 5) is 37.4. The number of carbonyl (C=O) groups excluding carboxylic acids is 2. The molecule has 1 aliphatic rings. The zero-order chi connectivity index (χ0) is 20.2. The lowest BCUT2D eigenvalue weighted by Crippen LogP contribution is -2.48. The number of nitrogens with zero attached hydrogens (tertiary/aromatic N) is 1. The fourth-order valence-electron chi connectivity index (χ4n) is 2.87. The van der Waals surface area contributed by atoms with Crippen molar-refractivity contribution in [1.82, 2.24) is 4.90 Å². The van der Waals surface area contributed by atoms with Gasteiger partial charge in [0.25, 0.3) is 5.91 Å². The molecule has 1 saturated heterocycles. The minimum Gasteiger partial charge on any atom is -0.480 e. The highest BCUT2D eigenvalue weighted by molar-refractivity contribution is 7.92. The zero-order valence-corrected chi connectivity index (χ0v) is 16.2. The molecule has 148 valence electrons. The number of carboxylic acids is 1. The number of carbonyl (C=O) groups is 3. The molecule has 2 amide bonds. The summed E-state index contributed by atoms with van der Waals surface area (Å²) < 4.78 is 23.7. The average molecular weight is 396 g/mol. The maximum absolute atomic E-state index is 12.7. The molecule has 0 aliphatic carbocycles. The first-order valence-electron chi connectivity index (χ1n) is 8.77. The van der Waals surface area contributed by atoms with E-state index in [0.717, 1.165) is 12.8 Å². The van der Waals surface area contributed by atoms with E-state index in [0.29, 0.717) is 13.0 Å². The number of carboxylic acid groups (broad SMARTS) is 1. The Kier molecular flexibility index (Phi) is 6.59. The maximum Gasteiger partial charge on any atom is 0.326 e. The Balaban J connectivity index is 2.13. The second kappa shape index (κ2) is 8.51. The number of aliphatic carboxylic acids is 1. The standard InChI is InChI=1S/C18H24N2O6S/c1-12(2)27(25,26)11-16(21)19-14-7-5-6-13(10-14)17(22)20-9-4-3-8-15(20)18(23)24/h5-7,10,12,15H,3-4,8-9,11H2,1-2H3,(H,19,21)(H,23,24). The molecule has 0 aromatic heterocycles. The number of anilines is 1. The third-order valence-electron chi connectivity index (χ3n) is 4.49. The van der Waals surface area contributed by atoms with Gasteiger partial charge in [-0.25, -0.2) is 13.2 Å². The van der Waals surface area contributed by atoms with E-state index in [2.05, 4.69) is 5.32 Å². The van der Waals surface area contributed by atoms with Gasteiger partial charge < -0.3 is 15.3 Å². The van der Waals surface area contributed by atoms with Crippen LogP contribution in [-0.2, 0) is 19.4 Å². The van der Waals surface area contributed by atoms with Gasteiger partial charge in [-0.05, 0) is 51.3 Å². The van der Waals surface area contributed by atoms with Crippen LogP contribution in [0.25, 0.3) is 0 Å². The Bertz CT molecular complexity index is 834. The zero-order valence-electron chi connectivity index (χ0n) is 15.3. The van der Waals surface area contributed by atoms with Crippen LogP contribution < -0.4 is 5.32 Å². The Labute approximate surface area is 158 Å². The summed E-state index contributed by atoms with van der Waals surface area (Å²) in [6.07, 6.45) is 1.89. The van der Waals surface area contributed by atoms with E-state index in [1.807, 2.05) is 0 Å². The number of likely N-dealkylation sites (tertiary alicyclic amines) is 1. The van der Waals surface area contributed by atoms with Crippen molar-refractivity contribution in [3.05, 3.63) is 29.8 Å². The number of nitrogens with one attached hydrogen (secondary N) is 1. The normalized spacial score (nSPS) is 17.6. The summed E-state index contributed by atoms with van der Waals surface area (Å²) in [5.41, 5.74) is 0.529. The van der Waals surface area contributed by atoms with E-state index >= 15 is 0 Å². The molecule has 0 spiro atoms. The van der Waals surface area contributed by atoms with Gasteiger partial charge in [0.15, 0.2) is 9.84 Å². The first-order valence-corrected chi connectivity index (χ1v) is 10.5. The number of amides is 2. The van der Waals surface area contributed by atoms with E-state index in [1.165, 1.54) is 30.9 Å². The number of piperidine rings is 1. The Morgan fingerprint density at radius 3 is 2.59 bits per heavy atom. The topological polar surface area (TPSA) is 121 Å². The molecule has 1 heterocycles. The van der Waals surface area contributed by atoms with Crippen LogP contribution in [0.3, 0.4) is 0 Å². The first-order chi connectivity index (χ1) is 12.6. The largest absolute Gasteiger partial charge is 0.480 e. The van der Waals surface area contributed by atoms with Crippen molar-refractivity contribution >= 4 is 33.3 Å². The van der Waals surface area contributed by atoms with Crippen LogP contribution >= 0.6 is 0 Å². The van der Waals surface area contributed by atoms with Gasteiger partial charge in [-0.2, -0.15) is 0 Å². The van der Waals surface area contributed by atoms with Crippen LogP contribution in [0.4, 0.5) is 5.69 Å². The lowest BCUT2D eigenvalue weighted by molar-refractivity contribution is -0.143. The summed E-state index contributed by atoms with van der Waals surface area (Å²) in [5.74, 6) is -2.79. The molecule has 1 aliphatic heterocycles. The second-order valence-corrected chi connectivity index (χ2v) is 9.39. The van der Waals surface area contributed by atoms with Gasteiger partial charge in [0, 0.05) is 17.8 Å². The van der Waals surface area contributed by atoms with Gasteiger partial charge in [0.2, 0.25) is 5.91 Å². The van der Waals surface area contributed by atoms with Crippen molar-refractivity contribution in [2.75, 3.05) is 17.6 Å². The molecule has 0 radical (unpaired) electrons. The summed E-state index contributed by atoms with van der Waals surface area (Å²) in [7, 11) is -3.53. The lowest BCUT2D eigenvalue weighted by atomic mass is 10.0. The van der Waals surface area contributed by atoms with E-state index < -0.39 is 44.7 Å². The van der Waals surface area contributed by atoms with Crippen molar-refractivity contribution in [2.45, 2.75) is 44.4 Å². The van der Waals surface area contributed by atoms with Crippen LogP contribution in [-0.4, -0.2) is 59.8 Å². The minimum atomic E-state index is -3.53. The van der Waals surface area contributed by atoms with E-state index in [1.54, 1.807) is 12.1 Å². The van der Waals surface area contributed by atoms with Crippen molar-refractivity contribution in [3.63, 3.8) is 0 Å². The summed E-state index contributed by atoms with van der Waals surface area (Å²) in [5, 5.41) is 11.1. The third-order valence-corrected chi connectivity index (χ3v) is 6.59. The van der Waals surface area contributed by atoms with Crippen LogP contribution in [0.5, 0.6) is 0 Å². The maximum atomic E-state index is 12.7. The minimum absolute atomic E-state index is 0.243. The van der Waals surface area contributed by atoms with E-state index in [9.17, 15) is 27.9 Å². The van der Waals surface area contributed by atoms with Crippen molar-refractivity contribution < 1.29 is 27.9 Å². The number of benzene rings is 1. The first kappa shape index (κ1) is 20.9. The van der Waals surface area contributed by atoms with Gasteiger partial charge in [0.05, 0.1) is 5.25 Å². The number of sulfone groups is 1. The predicted octanol–water partition coefficient (Wildman–Crippen LogP) is 1.53. The molecule has 1 aromatic carbocycles. The summed E-state index contributed by atoms with van der Waals surface area (Å²) >= 11 is 0. The molecule has 1 aromatic rings. The quantitative estimate of drug-likeness (QED) is 0.752. The summed E-state index contributed by atoms with van der Waals surface area (Å²) in [6.45, 7) is 3.36. The van der Waals surface area contributed by atoms with E-state index in [4.69, 9.17) is 0 Å². The smallest absolute Gasteiger partial charge is 0.326 e. The van der Waals surface area contributed by atoms with Crippen molar-refractivity contribution in [3.8, 4) is 0 Å². The second-order valence-electron chi connectivity index (χ2n) is 6.83. The van der Waals surface area contributed by atoms with Gasteiger partial charge in [-0.3, -0.25) is 9.59 Å². The van der Waals surface area contributed by atoms with Crippen LogP contribution in [0.1, 0.15) is 43.5 Å². The third kappa shape index (κ3) is 5.29.